The number of hydrogen-bond acceptors (Lipinski definition) is 3. The second-order valence-corrected chi connectivity index (χ2v) is 8.21. The average Bonchev–Trinajstić information content (AvgIpc) is 2.47. The Bertz CT molecular complexity index is 597. The summed E-state index contributed by atoms with van der Waals surface area (Å²) >= 11 is 5.50. The number of unbranched alkanes of at least 4 members (excludes halogenated alkanes) is 5. The fourth-order valence-electron chi connectivity index (χ4n) is 2.23. The predicted molar refractivity (Wildman–Crippen MR) is 86.3 cm³/mol. The van der Waals surface area contributed by atoms with Gasteiger partial charge in [0.2, 0.25) is 0 Å². The van der Waals surface area contributed by atoms with Crippen LogP contribution in [0.2, 0.25) is 0 Å². The van der Waals surface area contributed by atoms with Gasteiger partial charge < -0.3 is 6.53 Å². The van der Waals surface area contributed by atoms with Crippen LogP contribution in [0.25, 0.3) is 0 Å². The normalized spacial score (nSPS) is 14.4. The Morgan fingerprint density at radius 3 is 1.82 bits per heavy atom. The monoisotopic (exact) mass is 490 g/mol. The average molecular weight is 491 g/mol. The summed E-state index contributed by atoms with van der Waals surface area (Å²) in [6.45, 7) is 0. The Kier molecular flexibility index (Phi) is 14.1. The van der Waals surface area contributed by atoms with Gasteiger partial charge in [0.05, 0.1) is 0 Å². The van der Waals surface area contributed by atoms with E-state index in [1.807, 2.05) is 0 Å². The molecule has 0 amide bonds. The predicted octanol–water partition coefficient (Wildman–Crippen LogP) is 2.06. The molecule has 0 aliphatic carbocycles. The maximum Gasteiger partial charge on any atom is 1.00 e. The quantitative estimate of drug-likeness (QED) is 0.128. The molecule has 0 saturated carbocycles. The van der Waals surface area contributed by atoms with Crippen molar-refractivity contribution in [1.29, 1.82) is 0 Å². The van der Waals surface area contributed by atoms with E-state index < -0.39 is 45.0 Å². The van der Waals surface area contributed by atoms with Crippen molar-refractivity contribution < 1.29 is 102 Å². The number of aliphatic carboxylic acids is 1. The molecule has 0 radical (unpaired) electrons. The molecule has 2 N–H and O–H groups in total. The SMILES string of the molecule is O=C(O)CCCCCCCCC(Cl)CC(F)(F)C(F)(F)C(F)(F)S(=O)(=O)O.[H-].[K+]. The molecule has 164 valence electrons. The Morgan fingerprint density at radius 2 is 1.39 bits per heavy atom. The van der Waals surface area contributed by atoms with Gasteiger partial charge in [-0.2, -0.15) is 34.8 Å². The first-order valence-electron chi connectivity index (χ1n) is 8.02. The van der Waals surface area contributed by atoms with Gasteiger partial charge in [-0.15, -0.1) is 11.6 Å². The van der Waals surface area contributed by atoms with Crippen LogP contribution in [0.15, 0.2) is 0 Å². The third kappa shape index (κ3) is 9.35. The van der Waals surface area contributed by atoms with Crippen molar-refractivity contribution in [3.8, 4) is 0 Å². The summed E-state index contributed by atoms with van der Waals surface area (Å²) in [5.41, 5.74) is 0. The third-order valence-electron chi connectivity index (χ3n) is 3.78. The molecule has 0 heterocycles. The fraction of sp³-hybridized carbons (Fsp3) is 0.929. The number of rotatable bonds is 14. The van der Waals surface area contributed by atoms with Gasteiger partial charge >= 0.3 is 84.6 Å². The van der Waals surface area contributed by atoms with E-state index in [0.717, 1.165) is 0 Å². The molecule has 0 aromatic rings. The molecule has 0 bridgehead atoms. The summed E-state index contributed by atoms with van der Waals surface area (Å²) in [5, 5.41) is 0.456. The van der Waals surface area contributed by atoms with E-state index in [4.69, 9.17) is 21.3 Å². The number of halogens is 7. The van der Waals surface area contributed by atoms with Gasteiger partial charge in [0.1, 0.15) is 0 Å². The van der Waals surface area contributed by atoms with Gasteiger partial charge in [-0.3, -0.25) is 9.35 Å². The summed E-state index contributed by atoms with van der Waals surface area (Å²) in [6, 6.07) is 0. The summed E-state index contributed by atoms with van der Waals surface area (Å²) in [7, 11) is -6.76. The van der Waals surface area contributed by atoms with Gasteiger partial charge in [0, 0.05) is 18.2 Å². The van der Waals surface area contributed by atoms with Crippen LogP contribution in [0.1, 0.15) is 59.2 Å². The zero-order valence-corrected chi connectivity index (χ0v) is 19.8. The molecule has 0 saturated heterocycles. The van der Waals surface area contributed by atoms with Gasteiger partial charge in [0.25, 0.3) is 0 Å². The minimum Gasteiger partial charge on any atom is -1.00 e. The zero-order valence-electron chi connectivity index (χ0n) is 16.1. The zero-order chi connectivity index (χ0) is 21.5. The van der Waals surface area contributed by atoms with E-state index in [1.54, 1.807) is 0 Å². The van der Waals surface area contributed by atoms with Crippen molar-refractivity contribution in [3.05, 3.63) is 0 Å². The molecule has 0 rings (SSSR count). The molecule has 0 aromatic carbocycles. The van der Waals surface area contributed by atoms with E-state index in [9.17, 15) is 39.6 Å². The Hall–Kier alpha value is 0.886. The van der Waals surface area contributed by atoms with E-state index in [1.165, 1.54) is 0 Å². The smallest absolute Gasteiger partial charge is 1.00 e. The molecular formula is C14H22ClF6KO5S. The summed E-state index contributed by atoms with van der Waals surface area (Å²) < 4.78 is 108. The van der Waals surface area contributed by atoms with Crippen LogP contribution in [0.5, 0.6) is 0 Å². The maximum atomic E-state index is 13.5. The standard InChI is InChI=1S/C14H21ClF6O5S.K.H/c15-10(7-5-3-1-2-4-6-8-11(22)23)9-12(16,17)13(18,19)14(20,21)27(24,25)26;;/h10H,1-9H2,(H,22,23)(H,24,25,26);;/q;+1;-1. The molecule has 0 aliphatic rings. The number of hydrogen-bond donors (Lipinski definition) is 2. The molecule has 1 unspecified atom stereocenters. The van der Waals surface area contributed by atoms with Crippen molar-refractivity contribution in [2.75, 3.05) is 0 Å². The second kappa shape index (κ2) is 12.7. The minimum atomic E-state index is -6.76. The Balaban J connectivity index is -0.00000338. The molecular weight excluding hydrogens is 469 g/mol. The van der Waals surface area contributed by atoms with Crippen molar-refractivity contribution in [2.45, 2.75) is 80.3 Å². The summed E-state index contributed by atoms with van der Waals surface area (Å²) in [5.74, 6) is -12.7. The molecule has 1 atom stereocenters. The van der Waals surface area contributed by atoms with Gasteiger partial charge in [-0.05, 0) is 12.8 Å². The fourth-order valence-corrected chi connectivity index (χ4v) is 3.05. The van der Waals surface area contributed by atoms with Crippen LogP contribution >= 0.6 is 11.6 Å². The van der Waals surface area contributed by atoms with Crippen LogP contribution in [0.3, 0.4) is 0 Å². The molecule has 5 nitrogen and oxygen atoms in total. The topological polar surface area (TPSA) is 91.7 Å². The van der Waals surface area contributed by atoms with E-state index in [-0.39, 0.29) is 72.1 Å². The molecule has 0 spiro atoms. The molecule has 0 aromatic heterocycles. The van der Waals surface area contributed by atoms with Crippen molar-refractivity contribution in [3.63, 3.8) is 0 Å². The number of carbonyl (C=O) groups is 1. The molecule has 28 heavy (non-hydrogen) atoms. The third-order valence-corrected chi connectivity index (χ3v) is 5.06. The number of alkyl halides is 7. The van der Waals surface area contributed by atoms with Crippen molar-refractivity contribution in [2.24, 2.45) is 0 Å². The van der Waals surface area contributed by atoms with Crippen LogP contribution in [-0.4, -0.2) is 46.5 Å². The van der Waals surface area contributed by atoms with Crippen LogP contribution in [-0.2, 0) is 14.9 Å². The minimum absolute atomic E-state index is 0. The van der Waals surface area contributed by atoms with Crippen LogP contribution < -0.4 is 51.4 Å². The first-order chi connectivity index (χ1) is 12.1. The first kappa shape index (κ1) is 31.1. The molecule has 0 fully saturated rings. The maximum absolute atomic E-state index is 13.5. The van der Waals surface area contributed by atoms with Crippen LogP contribution in [0, 0.1) is 0 Å². The Labute approximate surface area is 208 Å². The first-order valence-corrected chi connectivity index (χ1v) is 9.90. The number of carboxylic acid groups (broad SMARTS) is 1. The molecule has 0 aliphatic heterocycles. The second-order valence-electron chi connectivity index (χ2n) is 6.13. The van der Waals surface area contributed by atoms with E-state index in [0.29, 0.717) is 32.1 Å². The van der Waals surface area contributed by atoms with Crippen molar-refractivity contribution in [1.82, 2.24) is 0 Å². The van der Waals surface area contributed by atoms with Crippen molar-refractivity contribution >= 4 is 27.7 Å². The van der Waals surface area contributed by atoms with Gasteiger partial charge in [0.15, 0.2) is 0 Å². The summed E-state index contributed by atoms with van der Waals surface area (Å²) in [4.78, 5) is 10.3. The Morgan fingerprint density at radius 1 is 0.964 bits per heavy atom. The molecule has 14 heteroatoms. The van der Waals surface area contributed by atoms with E-state index >= 15 is 0 Å². The summed E-state index contributed by atoms with van der Waals surface area (Å²) in [6.07, 6.45) is 1.09. The van der Waals surface area contributed by atoms with Gasteiger partial charge in [-0.1, -0.05) is 32.1 Å². The van der Waals surface area contributed by atoms with E-state index in [2.05, 4.69) is 0 Å². The number of carboxylic acids is 1. The van der Waals surface area contributed by atoms with Crippen LogP contribution in [0.4, 0.5) is 26.3 Å². The largest absolute Gasteiger partial charge is 1.00 e. The van der Waals surface area contributed by atoms with Gasteiger partial charge in [-0.25, -0.2) is 0 Å².